The lowest BCUT2D eigenvalue weighted by atomic mass is 9.80. The maximum Gasteiger partial charge on any atom is 0.306 e. The molecule has 32 heavy (non-hydrogen) atoms. The Morgan fingerprint density at radius 2 is 1.91 bits per heavy atom. The van der Waals surface area contributed by atoms with Gasteiger partial charge in [-0.05, 0) is 53.7 Å². The van der Waals surface area contributed by atoms with E-state index in [-0.39, 0.29) is 11.8 Å². The number of halogens is 2. The molecule has 4 aromatic rings. The number of nitrogens with zero attached hydrogens (tertiary/aromatic N) is 5. The van der Waals surface area contributed by atoms with Crippen LogP contribution in [0, 0.1) is 11.7 Å². The molecule has 0 aromatic carbocycles. The van der Waals surface area contributed by atoms with Crippen molar-refractivity contribution in [3.05, 3.63) is 65.2 Å². The maximum atomic E-state index is 13.5. The highest BCUT2D eigenvalue weighted by Gasteiger charge is 2.29. The van der Waals surface area contributed by atoms with Gasteiger partial charge in [-0.3, -0.25) is 14.8 Å². The highest BCUT2D eigenvalue weighted by molar-refractivity contribution is 9.10. The van der Waals surface area contributed by atoms with Crippen molar-refractivity contribution in [2.45, 2.75) is 31.6 Å². The molecule has 9 heteroatoms. The molecule has 0 atom stereocenters. The van der Waals surface area contributed by atoms with Crippen LogP contribution in [0.15, 0.2) is 53.7 Å². The summed E-state index contributed by atoms with van der Waals surface area (Å²) in [7, 11) is 0. The number of aromatic nitrogens is 5. The molecule has 4 aromatic heterocycles. The van der Waals surface area contributed by atoms with E-state index in [2.05, 4.69) is 31.0 Å². The van der Waals surface area contributed by atoms with Gasteiger partial charge < -0.3 is 5.11 Å². The van der Waals surface area contributed by atoms with E-state index >= 15 is 0 Å². The average Bonchev–Trinajstić information content (AvgIpc) is 3.21. The van der Waals surface area contributed by atoms with Gasteiger partial charge >= 0.3 is 5.97 Å². The molecule has 0 spiro atoms. The first-order chi connectivity index (χ1) is 15.5. The molecule has 1 aliphatic rings. The van der Waals surface area contributed by atoms with Gasteiger partial charge in [0.2, 0.25) is 0 Å². The summed E-state index contributed by atoms with van der Waals surface area (Å²) in [6.45, 7) is 0. The molecule has 0 amide bonds. The number of pyridine rings is 2. The van der Waals surface area contributed by atoms with Crippen molar-refractivity contribution in [3.8, 4) is 22.4 Å². The van der Waals surface area contributed by atoms with Crippen LogP contribution in [0.2, 0.25) is 0 Å². The van der Waals surface area contributed by atoms with E-state index in [9.17, 15) is 14.3 Å². The van der Waals surface area contributed by atoms with Gasteiger partial charge in [0, 0.05) is 41.2 Å². The number of carboxylic acids is 1. The van der Waals surface area contributed by atoms with E-state index in [4.69, 9.17) is 4.98 Å². The Kier molecular flexibility index (Phi) is 5.42. The summed E-state index contributed by atoms with van der Waals surface area (Å²) < 4.78 is 16.1. The van der Waals surface area contributed by atoms with Crippen LogP contribution >= 0.6 is 15.9 Å². The molecule has 0 saturated heterocycles. The molecule has 0 radical (unpaired) electrons. The highest BCUT2D eigenvalue weighted by Crippen LogP contribution is 2.38. The lowest BCUT2D eigenvalue weighted by molar-refractivity contribution is -0.142. The first-order valence-corrected chi connectivity index (χ1v) is 11.1. The van der Waals surface area contributed by atoms with Crippen LogP contribution < -0.4 is 0 Å². The third-order valence-electron chi connectivity index (χ3n) is 6.01. The van der Waals surface area contributed by atoms with Crippen LogP contribution in [0.3, 0.4) is 0 Å². The van der Waals surface area contributed by atoms with E-state index in [0.717, 1.165) is 40.3 Å². The molecule has 4 heterocycles. The Morgan fingerprint density at radius 1 is 1.09 bits per heavy atom. The fourth-order valence-electron chi connectivity index (χ4n) is 4.28. The minimum absolute atomic E-state index is 0.203. The van der Waals surface area contributed by atoms with Crippen molar-refractivity contribution in [1.82, 2.24) is 24.6 Å². The van der Waals surface area contributed by atoms with Gasteiger partial charge in [-0.1, -0.05) is 6.07 Å². The Labute approximate surface area is 191 Å². The molecule has 1 aliphatic carbocycles. The Hall–Kier alpha value is -3.20. The lowest BCUT2D eigenvalue weighted by Crippen LogP contribution is -2.21. The number of fused-ring (bicyclic) bond motifs is 1. The summed E-state index contributed by atoms with van der Waals surface area (Å²) in [5.41, 5.74) is 4.57. The third-order valence-corrected chi connectivity index (χ3v) is 6.63. The summed E-state index contributed by atoms with van der Waals surface area (Å²) in [5.74, 6) is -1.18. The van der Waals surface area contributed by atoms with E-state index in [0.29, 0.717) is 29.7 Å². The molecule has 1 fully saturated rings. The van der Waals surface area contributed by atoms with Crippen molar-refractivity contribution in [2.24, 2.45) is 5.92 Å². The van der Waals surface area contributed by atoms with Crippen LogP contribution in [0.5, 0.6) is 0 Å². The number of hydrogen-bond acceptors (Lipinski definition) is 5. The second kappa shape index (κ2) is 8.38. The monoisotopic (exact) mass is 495 g/mol. The van der Waals surface area contributed by atoms with E-state index in [1.165, 1.54) is 6.07 Å². The summed E-state index contributed by atoms with van der Waals surface area (Å²) in [6, 6.07) is 5.13. The minimum Gasteiger partial charge on any atom is -0.481 e. The van der Waals surface area contributed by atoms with Crippen molar-refractivity contribution in [2.75, 3.05) is 0 Å². The van der Waals surface area contributed by atoms with Crippen molar-refractivity contribution < 1.29 is 14.3 Å². The molecule has 7 nitrogen and oxygen atoms in total. The van der Waals surface area contributed by atoms with Crippen molar-refractivity contribution >= 4 is 27.5 Å². The topological polar surface area (TPSA) is 93.3 Å². The van der Waals surface area contributed by atoms with Gasteiger partial charge in [0.15, 0.2) is 5.65 Å². The van der Waals surface area contributed by atoms with Crippen molar-refractivity contribution in [3.63, 3.8) is 0 Å². The molecule has 5 rings (SSSR count). The van der Waals surface area contributed by atoms with Crippen molar-refractivity contribution in [1.29, 1.82) is 0 Å². The summed E-state index contributed by atoms with van der Waals surface area (Å²) in [6.07, 6.45) is 11.0. The largest absolute Gasteiger partial charge is 0.481 e. The number of rotatable bonds is 4. The number of carboxylic acid groups (broad SMARTS) is 1. The number of aliphatic carboxylic acids is 1. The van der Waals surface area contributed by atoms with Crippen LogP contribution in [0.1, 0.15) is 37.3 Å². The number of hydrogen-bond donors (Lipinski definition) is 1. The fourth-order valence-corrected chi connectivity index (χ4v) is 4.89. The molecule has 0 aliphatic heterocycles. The highest BCUT2D eigenvalue weighted by atomic mass is 79.9. The van der Waals surface area contributed by atoms with Crippen LogP contribution in [-0.4, -0.2) is 35.6 Å². The van der Waals surface area contributed by atoms with Gasteiger partial charge in [0.25, 0.3) is 0 Å². The second-order valence-corrected chi connectivity index (χ2v) is 8.87. The zero-order valence-corrected chi connectivity index (χ0v) is 18.5. The molecule has 1 saturated carbocycles. The Morgan fingerprint density at radius 3 is 2.59 bits per heavy atom. The SMILES string of the molecule is O=C(O)C1CCC(c2nc3c(-c4ccc(-c5cncc(F)c5)nc4)cnn3cc2Br)CC1. The average molecular weight is 496 g/mol. The second-order valence-electron chi connectivity index (χ2n) is 8.01. The third kappa shape index (κ3) is 3.88. The van der Waals surface area contributed by atoms with E-state index in [1.54, 1.807) is 23.1 Å². The van der Waals surface area contributed by atoms with Crippen LogP contribution in [0.25, 0.3) is 28.0 Å². The van der Waals surface area contributed by atoms with Crippen LogP contribution in [0.4, 0.5) is 4.39 Å². The van der Waals surface area contributed by atoms with Gasteiger partial charge in [0.05, 0.1) is 34.2 Å². The molecular weight excluding hydrogens is 477 g/mol. The molecule has 1 N–H and O–H groups in total. The lowest BCUT2D eigenvalue weighted by Gasteiger charge is -2.26. The molecule has 0 unspecified atom stereocenters. The van der Waals surface area contributed by atoms with E-state index in [1.807, 2.05) is 18.3 Å². The fraction of sp³-hybridized carbons (Fsp3) is 0.261. The smallest absolute Gasteiger partial charge is 0.306 e. The van der Waals surface area contributed by atoms with Gasteiger partial charge in [-0.25, -0.2) is 13.9 Å². The molecular formula is C23H19BrFN5O2. The van der Waals surface area contributed by atoms with Gasteiger partial charge in [-0.15, -0.1) is 0 Å². The molecule has 162 valence electrons. The van der Waals surface area contributed by atoms with Crippen LogP contribution in [-0.2, 0) is 4.79 Å². The predicted octanol–water partition coefficient (Wildman–Crippen LogP) is 5.11. The standard InChI is InChI=1S/C23H19BrFN5O2/c24-19-12-30-22(29-21(19)13-1-3-14(4-2-13)23(31)32)18(11-28-30)15-5-6-20(27-9-15)16-7-17(25)10-26-8-16/h5-14H,1-4H2,(H,31,32). The minimum atomic E-state index is -0.714. The maximum absolute atomic E-state index is 13.5. The Bertz CT molecular complexity index is 1300. The first-order valence-electron chi connectivity index (χ1n) is 10.3. The zero-order chi connectivity index (χ0) is 22.2. The van der Waals surface area contributed by atoms with Gasteiger partial charge in [0.1, 0.15) is 5.82 Å². The quantitative estimate of drug-likeness (QED) is 0.422. The summed E-state index contributed by atoms with van der Waals surface area (Å²) >= 11 is 3.62. The van der Waals surface area contributed by atoms with Gasteiger partial charge in [-0.2, -0.15) is 5.10 Å². The summed E-state index contributed by atoms with van der Waals surface area (Å²) in [5, 5.41) is 13.7. The number of carbonyl (C=O) groups is 1. The summed E-state index contributed by atoms with van der Waals surface area (Å²) in [4.78, 5) is 24.5. The first kappa shape index (κ1) is 20.7. The predicted molar refractivity (Wildman–Crippen MR) is 119 cm³/mol. The van der Waals surface area contributed by atoms with E-state index < -0.39 is 11.8 Å². The Balaban J connectivity index is 1.46. The zero-order valence-electron chi connectivity index (χ0n) is 16.9. The normalized spacial score (nSPS) is 18.7. The molecule has 0 bridgehead atoms.